The fraction of sp³-hybridized carbons (Fsp3) is 0. The van der Waals surface area contributed by atoms with Gasteiger partial charge in [0.15, 0.2) is 10.8 Å². The van der Waals surface area contributed by atoms with Crippen molar-refractivity contribution in [2.45, 2.75) is 0 Å². The molecule has 0 saturated carbocycles. The van der Waals surface area contributed by atoms with Crippen LogP contribution in [0.5, 0.6) is 0 Å². The summed E-state index contributed by atoms with van der Waals surface area (Å²) in [5, 5.41) is 13.6. The lowest BCUT2D eigenvalue weighted by atomic mass is 10.4. The van der Waals surface area contributed by atoms with Crippen molar-refractivity contribution in [2.24, 2.45) is 0 Å². The van der Waals surface area contributed by atoms with Crippen molar-refractivity contribution in [3.8, 4) is 11.8 Å². The Morgan fingerprint density at radius 2 is 2.06 bits per heavy atom. The fourth-order valence-electron chi connectivity index (χ4n) is 1.12. The largest absolute Gasteiger partial charge is 0.241 e. The Bertz CT molecular complexity index is 585. The molecule has 2 aromatic heterocycles. The molecule has 2 aromatic rings. The van der Waals surface area contributed by atoms with Gasteiger partial charge in [-0.1, -0.05) is 34.8 Å². The number of nitrogens with zero attached hydrogens (tertiary/aromatic N) is 4. The van der Waals surface area contributed by atoms with Gasteiger partial charge in [-0.05, 0) is 6.07 Å². The molecule has 0 fully saturated rings. The summed E-state index contributed by atoms with van der Waals surface area (Å²) >= 11 is 17.5. The average Bonchev–Trinajstić information content (AvgIpc) is 2.63. The van der Waals surface area contributed by atoms with Crippen LogP contribution in [-0.2, 0) is 0 Å². The number of pyridine rings is 1. The van der Waals surface area contributed by atoms with E-state index < -0.39 is 0 Å². The third-order valence-corrected chi connectivity index (χ3v) is 2.58. The number of rotatable bonds is 1. The van der Waals surface area contributed by atoms with Crippen LogP contribution in [0.25, 0.3) is 5.69 Å². The molecule has 0 spiro atoms. The quantitative estimate of drug-likeness (QED) is 0.750. The van der Waals surface area contributed by atoms with Crippen LogP contribution < -0.4 is 0 Å². The summed E-state index contributed by atoms with van der Waals surface area (Å²) in [6, 6.07) is 3.44. The maximum absolute atomic E-state index is 8.72. The van der Waals surface area contributed by atoms with Crippen LogP contribution in [-0.4, -0.2) is 14.8 Å². The van der Waals surface area contributed by atoms with Crippen LogP contribution in [0.1, 0.15) is 5.69 Å². The van der Waals surface area contributed by atoms with Gasteiger partial charge >= 0.3 is 0 Å². The van der Waals surface area contributed by atoms with Crippen molar-refractivity contribution in [1.82, 2.24) is 14.8 Å². The first kappa shape index (κ1) is 11.2. The summed E-state index contributed by atoms with van der Waals surface area (Å²) in [6.45, 7) is 0. The second-order valence-electron chi connectivity index (χ2n) is 2.85. The van der Waals surface area contributed by atoms with Crippen LogP contribution in [0.3, 0.4) is 0 Å². The molecule has 0 bridgehead atoms. The monoisotopic (exact) mass is 272 g/mol. The Kier molecular flexibility index (Phi) is 3.01. The van der Waals surface area contributed by atoms with Crippen LogP contribution in [0, 0.1) is 11.3 Å². The number of halogens is 3. The molecule has 0 aromatic carbocycles. The van der Waals surface area contributed by atoms with Gasteiger partial charge in [-0.3, -0.25) is 0 Å². The zero-order valence-corrected chi connectivity index (χ0v) is 9.92. The summed E-state index contributed by atoms with van der Waals surface area (Å²) in [5.74, 6) is 0. The van der Waals surface area contributed by atoms with Gasteiger partial charge in [0.05, 0.1) is 16.2 Å². The summed E-state index contributed by atoms with van der Waals surface area (Å²) in [7, 11) is 0. The minimum atomic E-state index is 0.123. The molecule has 0 radical (unpaired) electrons. The Labute approximate surface area is 106 Å². The van der Waals surface area contributed by atoms with E-state index in [-0.39, 0.29) is 15.9 Å². The molecule has 0 amide bonds. The van der Waals surface area contributed by atoms with Gasteiger partial charge in [-0.2, -0.15) is 10.4 Å². The first-order chi connectivity index (χ1) is 7.61. The number of hydrogen-bond donors (Lipinski definition) is 0. The van der Waals surface area contributed by atoms with Crippen molar-refractivity contribution >= 4 is 34.8 Å². The van der Waals surface area contributed by atoms with Gasteiger partial charge in [-0.15, -0.1) is 0 Å². The van der Waals surface area contributed by atoms with Gasteiger partial charge in [0.25, 0.3) is 0 Å². The third-order valence-electron chi connectivity index (χ3n) is 1.81. The first-order valence-corrected chi connectivity index (χ1v) is 5.22. The maximum atomic E-state index is 8.72. The van der Waals surface area contributed by atoms with Gasteiger partial charge in [0.1, 0.15) is 11.8 Å². The van der Waals surface area contributed by atoms with E-state index in [1.807, 2.05) is 6.07 Å². The molecule has 0 unspecified atom stereocenters. The summed E-state index contributed by atoms with van der Waals surface area (Å²) in [4.78, 5) is 3.87. The van der Waals surface area contributed by atoms with Crippen LogP contribution >= 0.6 is 34.8 Å². The van der Waals surface area contributed by atoms with E-state index in [1.54, 1.807) is 6.07 Å². The highest BCUT2D eigenvalue weighted by Crippen LogP contribution is 2.23. The predicted molar refractivity (Wildman–Crippen MR) is 61.1 cm³/mol. The van der Waals surface area contributed by atoms with E-state index in [1.165, 1.54) is 17.1 Å². The molecule has 2 rings (SSSR count). The van der Waals surface area contributed by atoms with Crippen molar-refractivity contribution < 1.29 is 0 Å². The lowest BCUT2D eigenvalue weighted by molar-refractivity contribution is 0.867. The van der Waals surface area contributed by atoms with Crippen molar-refractivity contribution in [3.05, 3.63) is 39.4 Å². The molecule has 0 aliphatic rings. The Morgan fingerprint density at radius 3 is 2.69 bits per heavy atom. The molecular weight excluding hydrogens is 270 g/mol. The van der Waals surface area contributed by atoms with E-state index in [0.717, 1.165) is 0 Å². The molecule has 0 N–H and O–H groups in total. The minimum absolute atomic E-state index is 0.123. The zero-order chi connectivity index (χ0) is 11.7. The van der Waals surface area contributed by atoms with E-state index >= 15 is 0 Å². The molecule has 2 heterocycles. The standard InChI is InChI=1S/C9H3Cl3N4/c10-5-1-8(9(12)14-3-5)16-4-6(11)7(2-13)15-16/h1,3-4H. The number of hydrogen-bond acceptors (Lipinski definition) is 3. The van der Waals surface area contributed by atoms with Gasteiger partial charge < -0.3 is 0 Å². The molecular formula is C9H3Cl3N4. The maximum Gasteiger partial charge on any atom is 0.181 e. The molecule has 0 aliphatic heterocycles. The Morgan fingerprint density at radius 1 is 1.31 bits per heavy atom. The smallest absolute Gasteiger partial charge is 0.181 e. The van der Waals surface area contributed by atoms with Gasteiger partial charge in [0, 0.05) is 6.20 Å². The molecule has 7 heteroatoms. The van der Waals surface area contributed by atoms with Crippen molar-refractivity contribution in [1.29, 1.82) is 5.26 Å². The van der Waals surface area contributed by atoms with E-state index in [0.29, 0.717) is 10.7 Å². The number of aromatic nitrogens is 3. The molecule has 4 nitrogen and oxygen atoms in total. The van der Waals surface area contributed by atoms with E-state index in [9.17, 15) is 0 Å². The van der Waals surface area contributed by atoms with E-state index in [4.69, 9.17) is 40.1 Å². The molecule has 0 saturated heterocycles. The van der Waals surface area contributed by atoms with Gasteiger partial charge in [-0.25, -0.2) is 9.67 Å². The highest BCUT2D eigenvalue weighted by molar-refractivity contribution is 6.33. The second kappa shape index (κ2) is 4.30. The Balaban J connectivity index is 2.59. The SMILES string of the molecule is N#Cc1nn(-c2cc(Cl)cnc2Cl)cc1Cl. The highest BCUT2D eigenvalue weighted by atomic mass is 35.5. The van der Waals surface area contributed by atoms with Crippen LogP contribution in [0.2, 0.25) is 15.2 Å². The van der Waals surface area contributed by atoms with Crippen LogP contribution in [0.15, 0.2) is 18.5 Å². The minimum Gasteiger partial charge on any atom is -0.241 e. The van der Waals surface area contributed by atoms with Crippen molar-refractivity contribution in [3.63, 3.8) is 0 Å². The average molecular weight is 274 g/mol. The first-order valence-electron chi connectivity index (χ1n) is 4.08. The molecule has 0 atom stereocenters. The molecule has 80 valence electrons. The summed E-state index contributed by atoms with van der Waals surface area (Å²) in [5.41, 5.74) is 0.593. The lowest BCUT2D eigenvalue weighted by Crippen LogP contribution is -1.97. The van der Waals surface area contributed by atoms with Crippen molar-refractivity contribution in [2.75, 3.05) is 0 Å². The topological polar surface area (TPSA) is 54.5 Å². The Hall–Kier alpha value is -1.28. The van der Waals surface area contributed by atoms with Gasteiger partial charge in [0.2, 0.25) is 0 Å². The van der Waals surface area contributed by atoms with Crippen LogP contribution in [0.4, 0.5) is 0 Å². The molecule has 16 heavy (non-hydrogen) atoms. The highest BCUT2D eigenvalue weighted by Gasteiger charge is 2.11. The fourth-order valence-corrected chi connectivity index (χ4v) is 1.64. The third kappa shape index (κ3) is 1.98. The second-order valence-corrected chi connectivity index (χ2v) is 4.05. The summed E-state index contributed by atoms with van der Waals surface area (Å²) < 4.78 is 1.36. The number of nitriles is 1. The molecule has 0 aliphatic carbocycles. The zero-order valence-electron chi connectivity index (χ0n) is 7.65. The lowest BCUT2D eigenvalue weighted by Gasteiger charge is -2.02. The predicted octanol–water partition coefficient (Wildman–Crippen LogP) is 3.10. The van der Waals surface area contributed by atoms with E-state index in [2.05, 4.69) is 10.1 Å². The summed E-state index contributed by atoms with van der Waals surface area (Å²) in [6.07, 6.45) is 2.89. The normalized spacial score (nSPS) is 10.1.